The molecule has 2 aromatic carbocycles. The number of benzene rings is 2. The summed E-state index contributed by atoms with van der Waals surface area (Å²) < 4.78 is 44.3. The fourth-order valence-corrected chi connectivity index (χ4v) is 3.27. The summed E-state index contributed by atoms with van der Waals surface area (Å²) in [7, 11) is 0. The molecule has 1 heterocycles. The molecular weight excluding hydrogens is 409 g/mol. The van der Waals surface area contributed by atoms with Crippen molar-refractivity contribution in [3.63, 3.8) is 0 Å². The number of rotatable bonds is 5. The smallest absolute Gasteiger partial charge is 0.416 e. The number of para-hydroxylation sites is 2. The second kappa shape index (κ2) is 8.32. The van der Waals surface area contributed by atoms with Crippen molar-refractivity contribution < 1.29 is 27.5 Å². The molecular formula is C20H18ClF3N2O3. The van der Waals surface area contributed by atoms with E-state index in [1.54, 1.807) is 24.3 Å². The van der Waals surface area contributed by atoms with Crippen molar-refractivity contribution in [1.29, 1.82) is 0 Å². The Morgan fingerprint density at radius 1 is 1.28 bits per heavy atom. The molecule has 1 saturated heterocycles. The minimum Gasteiger partial charge on any atom is -0.492 e. The summed E-state index contributed by atoms with van der Waals surface area (Å²) in [6.45, 7) is 2.32. The van der Waals surface area contributed by atoms with E-state index in [9.17, 15) is 22.8 Å². The van der Waals surface area contributed by atoms with Gasteiger partial charge in [-0.3, -0.25) is 9.59 Å². The number of carbonyl (C=O) groups excluding carboxylic acids is 2. The Kier molecular flexibility index (Phi) is 6.02. The molecule has 2 aromatic rings. The average Bonchev–Trinajstić information content (AvgIpc) is 3.05. The van der Waals surface area contributed by atoms with Crippen LogP contribution in [-0.2, 0) is 15.8 Å². The lowest BCUT2D eigenvalue weighted by Gasteiger charge is -2.20. The Balaban J connectivity index is 1.77. The van der Waals surface area contributed by atoms with Gasteiger partial charge in [-0.25, -0.2) is 0 Å². The van der Waals surface area contributed by atoms with Crippen molar-refractivity contribution in [2.75, 3.05) is 23.4 Å². The Bertz CT molecular complexity index is 933. The molecule has 0 saturated carbocycles. The molecule has 2 amide bonds. The van der Waals surface area contributed by atoms with Crippen LogP contribution in [0.2, 0.25) is 5.02 Å². The van der Waals surface area contributed by atoms with E-state index in [1.807, 2.05) is 6.92 Å². The number of ether oxygens (including phenoxy) is 1. The van der Waals surface area contributed by atoms with Gasteiger partial charge >= 0.3 is 6.18 Å². The lowest BCUT2D eigenvalue weighted by molar-refractivity contribution is -0.137. The highest BCUT2D eigenvalue weighted by Crippen LogP contribution is 2.36. The van der Waals surface area contributed by atoms with Crippen LogP contribution in [0.5, 0.6) is 5.75 Å². The van der Waals surface area contributed by atoms with Gasteiger partial charge in [0.05, 0.1) is 34.5 Å². The van der Waals surface area contributed by atoms with Crippen LogP contribution in [0.1, 0.15) is 18.9 Å². The average molecular weight is 427 g/mol. The summed E-state index contributed by atoms with van der Waals surface area (Å²) >= 11 is 5.93. The molecule has 1 fully saturated rings. The molecule has 0 aromatic heterocycles. The highest BCUT2D eigenvalue weighted by Gasteiger charge is 2.37. The first-order valence-electron chi connectivity index (χ1n) is 8.90. The van der Waals surface area contributed by atoms with Gasteiger partial charge in [-0.2, -0.15) is 13.2 Å². The minimum atomic E-state index is -4.56. The number of hydrogen-bond donors (Lipinski definition) is 1. The van der Waals surface area contributed by atoms with Gasteiger partial charge in [0.25, 0.3) is 0 Å². The van der Waals surface area contributed by atoms with Gasteiger partial charge in [0.2, 0.25) is 11.8 Å². The molecule has 0 radical (unpaired) electrons. The van der Waals surface area contributed by atoms with Crippen molar-refractivity contribution in [1.82, 2.24) is 0 Å². The minimum absolute atomic E-state index is 0.0192. The molecule has 29 heavy (non-hydrogen) atoms. The molecule has 0 aliphatic carbocycles. The first kappa shape index (κ1) is 21.0. The summed E-state index contributed by atoms with van der Waals surface area (Å²) in [5.74, 6) is -1.06. The predicted molar refractivity (Wildman–Crippen MR) is 103 cm³/mol. The first-order valence-corrected chi connectivity index (χ1v) is 9.28. The predicted octanol–water partition coefficient (Wildman–Crippen LogP) is 4.75. The Morgan fingerprint density at radius 3 is 2.69 bits per heavy atom. The van der Waals surface area contributed by atoms with Gasteiger partial charge in [-0.05, 0) is 37.3 Å². The fraction of sp³-hybridized carbons (Fsp3) is 0.300. The Morgan fingerprint density at radius 2 is 2.00 bits per heavy atom. The van der Waals surface area contributed by atoms with Crippen molar-refractivity contribution in [3.8, 4) is 5.75 Å². The number of alkyl halides is 3. The molecule has 1 aliphatic rings. The van der Waals surface area contributed by atoms with Crippen molar-refractivity contribution in [2.45, 2.75) is 19.5 Å². The van der Waals surface area contributed by atoms with E-state index in [1.165, 1.54) is 4.90 Å². The van der Waals surface area contributed by atoms with Gasteiger partial charge in [0, 0.05) is 13.0 Å². The molecule has 5 nitrogen and oxygen atoms in total. The molecule has 1 N–H and O–H groups in total. The number of nitrogens with zero attached hydrogens (tertiary/aromatic N) is 1. The van der Waals surface area contributed by atoms with E-state index < -0.39 is 23.6 Å². The molecule has 0 spiro atoms. The van der Waals surface area contributed by atoms with E-state index in [0.29, 0.717) is 18.0 Å². The second-order valence-electron chi connectivity index (χ2n) is 6.49. The van der Waals surface area contributed by atoms with Crippen LogP contribution in [0.4, 0.5) is 24.5 Å². The van der Waals surface area contributed by atoms with Gasteiger partial charge in [-0.1, -0.05) is 23.7 Å². The molecule has 9 heteroatoms. The summed E-state index contributed by atoms with van der Waals surface area (Å²) in [6, 6.07) is 9.65. The van der Waals surface area contributed by atoms with Crippen LogP contribution in [0.25, 0.3) is 0 Å². The third-order valence-electron chi connectivity index (χ3n) is 4.50. The zero-order valence-electron chi connectivity index (χ0n) is 15.4. The summed E-state index contributed by atoms with van der Waals surface area (Å²) in [4.78, 5) is 26.5. The van der Waals surface area contributed by atoms with Gasteiger partial charge < -0.3 is 15.0 Å². The summed E-state index contributed by atoms with van der Waals surface area (Å²) in [5, 5.41) is 2.40. The second-order valence-corrected chi connectivity index (χ2v) is 6.89. The number of nitrogens with one attached hydrogen (secondary N) is 1. The number of carbonyl (C=O) groups is 2. The standard InChI is InChI=1S/C20H18ClF3N2O3/c1-2-29-17-6-4-3-5-16(17)26-11-12(9-18(26)27)19(28)25-15-10-13(20(22,23)24)7-8-14(15)21/h3-8,10,12H,2,9,11H2,1H3,(H,25,28)/t12-/m0/s1. The summed E-state index contributed by atoms with van der Waals surface area (Å²) in [6.07, 6.45) is -4.63. The van der Waals surface area contributed by atoms with E-state index >= 15 is 0 Å². The molecule has 0 bridgehead atoms. The first-order chi connectivity index (χ1) is 13.7. The van der Waals surface area contributed by atoms with E-state index in [4.69, 9.17) is 16.3 Å². The lowest BCUT2D eigenvalue weighted by Crippen LogP contribution is -2.28. The summed E-state index contributed by atoms with van der Waals surface area (Å²) in [5.41, 5.74) is -0.522. The quantitative estimate of drug-likeness (QED) is 0.750. The van der Waals surface area contributed by atoms with E-state index in [0.717, 1.165) is 18.2 Å². The monoisotopic (exact) mass is 426 g/mol. The fourth-order valence-electron chi connectivity index (χ4n) is 3.11. The van der Waals surface area contributed by atoms with Crippen molar-refractivity contribution in [2.24, 2.45) is 5.92 Å². The van der Waals surface area contributed by atoms with Crippen LogP contribution in [0, 0.1) is 5.92 Å². The molecule has 154 valence electrons. The Hall–Kier alpha value is -2.74. The van der Waals surface area contributed by atoms with Crippen LogP contribution in [0.15, 0.2) is 42.5 Å². The third kappa shape index (κ3) is 4.64. The maximum atomic E-state index is 12.9. The highest BCUT2D eigenvalue weighted by molar-refractivity contribution is 6.33. The Labute approximate surface area is 170 Å². The normalized spacial score (nSPS) is 16.8. The zero-order valence-corrected chi connectivity index (χ0v) is 16.2. The van der Waals surface area contributed by atoms with Crippen LogP contribution in [0.3, 0.4) is 0 Å². The van der Waals surface area contributed by atoms with E-state index in [-0.39, 0.29) is 29.6 Å². The maximum Gasteiger partial charge on any atom is 0.416 e. The number of anilines is 2. The van der Waals surface area contributed by atoms with E-state index in [2.05, 4.69) is 5.32 Å². The lowest BCUT2D eigenvalue weighted by atomic mass is 10.1. The number of halogens is 4. The van der Waals surface area contributed by atoms with Gasteiger partial charge in [0.1, 0.15) is 5.75 Å². The molecule has 1 aliphatic heterocycles. The molecule has 3 rings (SSSR count). The van der Waals surface area contributed by atoms with Crippen LogP contribution >= 0.6 is 11.6 Å². The largest absolute Gasteiger partial charge is 0.492 e. The van der Waals surface area contributed by atoms with Crippen LogP contribution < -0.4 is 15.0 Å². The van der Waals surface area contributed by atoms with Crippen molar-refractivity contribution >= 4 is 34.8 Å². The third-order valence-corrected chi connectivity index (χ3v) is 4.83. The van der Waals surface area contributed by atoms with Gasteiger partial charge in [0.15, 0.2) is 0 Å². The molecule has 1 atom stereocenters. The maximum absolute atomic E-state index is 12.9. The number of amides is 2. The van der Waals surface area contributed by atoms with Crippen LogP contribution in [-0.4, -0.2) is 25.0 Å². The van der Waals surface area contributed by atoms with Gasteiger partial charge in [-0.15, -0.1) is 0 Å². The molecule has 0 unspecified atom stereocenters. The SMILES string of the molecule is CCOc1ccccc1N1C[C@@H](C(=O)Nc2cc(C(F)(F)F)ccc2Cl)CC1=O. The highest BCUT2D eigenvalue weighted by atomic mass is 35.5. The van der Waals surface area contributed by atoms with Crippen molar-refractivity contribution in [3.05, 3.63) is 53.1 Å². The topological polar surface area (TPSA) is 58.6 Å². The number of hydrogen-bond acceptors (Lipinski definition) is 3. The zero-order chi connectivity index (χ0) is 21.2.